The van der Waals surface area contributed by atoms with Crippen LogP contribution in [0.1, 0.15) is 57.8 Å². The Labute approximate surface area is 110 Å². The van der Waals surface area contributed by atoms with Crippen molar-refractivity contribution in [3.05, 3.63) is 35.2 Å². The van der Waals surface area contributed by atoms with Crippen LogP contribution in [0.4, 0.5) is 0 Å². The lowest BCUT2D eigenvalue weighted by atomic mass is 9.79. The van der Waals surface area contributed by atoms with Crippen LogP contribution in [0.2, 0.25) is 0 Å². The summed E-state index contributed by atoms with van der Waals surface area (Å²) in [6.07, 6.45) is 14.5. The number of fused-ring (bicyclic) bond motifs is 1. The van der Waals surface area contributed by atoms with Crippen molar-refractivity contribution in [2.45, 2.75) is 52.9 Å². The van der Waals surface area contributed by atoms with Gasteiger partial charge in [-0.3, -0.25) is 0 Å². The molecule has 0 saturated heterocycles. The molecule has 0 aromatic carbocycles. The van der Waals surface area contributed by atoms with Gasteiger partial charge in [-0.15, -0.1) is 0 Å². The highest BCUT2D eigenvalue weighted by atomic mass is 16.5. The van der Waals surface area contributed by atoms with Gasteiger partial charge in [0.1, 0.15) is 0 Å². The standard InChI is InChI=1S/C16H23NO/c1-4-5-6-11-16(2,3)14-8-7-13-12-17-18-15(13)10-9-14/h8-10,12H,4-7,11H2,1-3H3. The number of nitrogens with zero attached hydrogens (tertiary/aromatic N) is 1. The molecule has 1 aromatic heterocycles. The summed E-state index contributed by atoms with van der Waals surface area (Å²) in [5, 5.41) is 3.84. The molecular weight excluding hydrogens is 222 g/mol. The second kappa shape index (κ2) is 5.55. The quantitative estimate of drug-likeness (QED) is 0.698. The normalized spacial score (nSPS) is 15.2. The van der Waals surface area contributed by atoms with Gasteiger partial charge in [0.05, 0.1) is 6.20 Å². The first-order chi connectivity index (χ1) is 8.63. The van der Waals surface area contributed by atoms with Gasteiger partial charge in [0.15, 0.2) is 5.76 Å². The molecule has 2 nitrogen and oxygen atoms in total. The van der Waals surface area contributed by atoms with E-state index in [0.717, 1.165) is 12.2 Å². The molecule has 0 unspecified atom stereocenters. The van der Waals surface area contributed by atoms with E-state index in [1.54, 1.807) is 0 Å². The van der Waals surface area contributed by atoms with Crippen LogP contribution < -0.4 is 0 Å². The van der Waals surface area contributed by atoms with E-state index >= 15 is 0 Å². The van der Waals surface area contributed by atoms with Crippen molar-refractivity contribution in [1.82, 2.24) is 5.16 Å². The van der Waals surface area contributed by atoms with E-state index in [0.29, 0.717) is 0 Å². The zero-order valence-electron chi connectivity index (χ0n) is 11.7. The van der Waals surface area contributed by atoms with Crippen LogP contribution in [0.25, 0.3) is 6.08 Å². The molecule has 2 rings (SSSR count). The highest BCUT2D eigenvalue weighted by molar-refractivity contribution is 5.54. The molecule has 1 heterocycles. The van der Waals surface area contributed by atoms with Gasteiger partial charge in [-0.25, -0.2) is 0 Å². The molecule has 1 aliphatic rings. The summed E-state index contributed by atoms with van der Waals surface area (Å²) in [7, 11) is 0. The second-order valence-electron chi connectivity index (χ2n) is 5.75. The third kappa shape index (κ3) is 2.92. The summed E-state index contributed by atoms with van der Waals surface area (Å²) in [6.45, 7) is 6.93. The maximum atomic E-state index is 5.23. The van der Waals surface area contributed by atoms with Crippen molar-refractivity contribution < 1.29 is 4.52 Å². The first-order valence-electron chi connectivity index (χ1n) is 6.96. The van der Waals surface area contributed by atoms with Crippen LogP contribution in [0.5, 0.6) is 0 Å². The Hall–Kier alpha value is -1.31. The average molecular weight is 245 g/mol. The van der Waals surface area contributed by atoms with Crippen molar-refractivity contribution in [1.29, 1.82) is 0 Å². The predicted octanol–water partition coefficient (Wildman–Crippen LogP) is 4.78. The van der Waals surface area contributed by atoms with Crippen LogP contribution in [0.15, 0.2) is 28.4 Å². The lowest BCUT2D eigenvalue weighted by Gasteiger charge is -2.26. The summed E-state index contributed by atoms with van der Waals surface area (Å²) in [5.74, 6) is 0.908. The van der Waals surface area contributed by atoms with Gasteiger partial charge in [-0.2, -0.15) is 0 Å². The zero-order chi connectivity index (χ0) is 13.0. The number of aromatic nitrogens is 1. The minimum atomic E-state index is 0.253. The van der Waals surface area contributed by atoms with Crippen molar-refractivity contribution in [2.24, 2.45) is 5.41 Å². The van der Waals surface area contributed by atoms with Crippen LogP contribution in [0, 0.1) is 5.41 Å². The molecule has 0 fully saturated rings. The van der Waals surface area contributed by atoms with Gasteiger partial charge in [-0.1, -0.05) is 57.3 Å². The Morgan fingerprint density at radius 1 is 1.28 bits per heavy atom. The maximum absolute atomic E-state index is 5.23. The molecule has 0 radical (unpaired) electrons. The predicted molar refractivity (Wildman–Crippen MR) is 75.2 cm³/mol. The molecule has 0 atom stereocenters. The Bertz CT molecular complexity index is 451. The summed E-state index contributed by atoms with van der Waals surface area (Å²) in [4.78, 5) is 0. The summed E-state index contributed by atoms with van der Waals surface area (Å²) in [6, 6.07) is 0. The van der Waals surface area contributed by atoms with Gasteiger partial charge in [-0.05, 0) is 29.9 Å². The molecule has 2 heteroatoms. The van der Waals surface area contributed by atoms with E-state index in [1.165, 1.54) is 36.8 Å². The lowest BCUT2D eigenvalue weighted by molar-refractivity contribution is 0.394. The van der Waals surface area contributed by atoms with Crippen molar-refractivity contribution in [3.8, 4) is 0 Å². The zero-order valence-corrected chi connectivity index (χ0v) is 11.7. The second-order valence-corrected chi connectivity index (χ2v) is 5.75. The molecule has 18 heavy (non-hydrogen) atoms. The van der Waals surface area contributed by atoms with Gasteiger partial charge in [0, 0.05) is 5.56 Å². The fourth-order valence-electron chi connectivity index (χ4n) is 2.48. The average Bonchev–Trinajstić information content (AvgIpc) is 2.67. The van der Waals surface area contributed by atoms with Crippen LogP contribution >= 0.6 is 0 Å². The van der Waals surface area contributed by atoms with Crippen LogP contribution in [0.3, 0.4) is 0 Å². The lowest BCUT2D eigenvalue weighted by Crippen LogP contribution is -2.13. The molecule has 98 valence electrons. The fraction of sp³-hybridized carbons (Fsp3) is 0.562. The maximum Gasteiger partial charge on any atom is 0.163 e. The Kier molecular flexibility index (Phi) is 4.05. The van der Waals surface area contributed by atoms with E-state index < -0.39 is 0 Å². The van der Waals surface area contributed by atoms with Gasteiger partial charge >= 0.3 is 0 Å². The largest absolute Gasteiger partial charge is 0.357 e. The minimum absolute atomic E-state index is 0.253. The smallest absolute Gasteiger partial charge is 0.163 e. The van der Waals surface area contributed by atoms with E-state index in [1.807, 2.05) is 6.20 Å². The van der Waals surface area contributed by atoms with E-state index in [4.69, 9.17) is 4.52 Å². The van der Waals surface area contributed by atoms with E-state index in [9.17, 15) is 0 Å². The monoisotopic (exact) mass is 245 g/mol. The summed E-state index contributed by atoms with van der Waals surface area (Å²) < 4.78 is 5.23. The third-order valence-electron chi connectivity index (χ3n) is 3.82. The number of hydrogen-bond acceptors (Lipinski definition) is 2. The highest BCUT2D eigenvalue weighted by Crippen LogP contribution is 2.35. The van der Waals surface area contributed by atoms with Gasteiger partial charge in [0.25, 0.3) is 0 Å². The minimum Gasteiger partial charge on any atom is -0.357 e. The molecule has 0 spiro atoms. The Balaban J connectivity index is 2.07. The highest BCUT2D eigenvalue weighted by Gasteiger charge is 2.22. The first-order valence-corrected chi connectivity index (χ1v) is 6.96. The fourth-order valence-corrected chi connectivity index (χ4v) is 2.48. The van der Waals surface area contributed by atoms with E-state index in [-0.39, 0.29) is 5.41 Å². The molecule has 0 saturated carbocycles. The van der Waals surface area contributed by atoms with Crippen LogP contribution in [-0.2, 0) is 6.42 Å². The Morgan fingerprint density at radius 2 is 2.11 bits per heavy atom. The Morgan fingerprint density at radius 3 is 2.89 bits per heavy atom. The third-order valence-corrected chi connectivity index (χ3v) is 3.82. The molecule has 0 aliphatic heterocycles. The summed E-state index contributed by atoms with van der Waals surface area (Å²) >= 11 is 0. The molecule has 0 amide bonds. The molecule has 1 aromatic rings. The number of unbranched alkanes of at least 4 members (excludes halogenated alkanes) is 2. The van der Waals surface area contributed by atoms with Crippen molar-refractivity contribution in [3.63, 3.8) is 0 Å². The topological polar surface area (TPSA) is 26.0 Å². The van der Waals surface area contributed by atoms with E-state index in [2.05, 4.69) is 44.2 Å². The van der Waals surface area contributed by atoms with Crippen molar-refractivity contribution >= 4 is 6.08 Å². The number of rotatable bonds is 5. The van der Waals surface area contributed by atoms with Crippen molar-refractivity contribution in [2.75, 3.05) is 0 Å². The first kappa shape index (κ1) is 13.1. The molecule has 0 bridgehead atoms. The van der Waals surface area contributed by atoms with Gasteiger partial charge < -0.3 is 4.52 Å². The number of hydrogen-bond donors (Lipinski definition) is 0. The van der Waals surface area contributed by atoms with Crippen LogP contribution in [-0.4, -0.2) is 5.16 Å². The SMILES string of the molecule is CCCCCC(C)(C)C1=CCc2cnoc2C=C1. The molecule has 1 aliphatic carbocycles. The van der Waals surface area contributed by atoms with Gasteiger partial charge in [0.2, 0.25) is 0 Å². The molecular formula is C16H23NO. The number of allylic oxidation sites excluding steroid dienone is 3. The summed E-state index contributed by atoms with van der Waals surface area (Å²) in [5.41, 5.74) is 2.86. The molecule has 0 N–H and O–H groups in total.